The summed E-state index contributed by atoms with van der Waals surface area (Å²) in [6.07, 6.45) is -0.535. The van der Waals surface area contributed by atoms with Gasteiger partial charge in [-0.25, -0.2) is 9.78 Å². The number of nitrogens with zero attached hydrogens (tertiary/aromatic N) is 1. The predicted molar refractivity (Wildman–Crippen MR) is 71.5 cm³/mol. The summed E-state index contributed by atoms with van der Waals surface area (Å²) in [7, 11) is 0. The fraction of sp³-hybridized carbons (Fsp3) is 0.583. The third-order valence-electron chi connectivity index (χ3n) is 2.52. The largest absolute Gasteiger partial charge is 0.477 e. The molecule has 0 aliphatic heterocycles. The van der Waals surface area contributed by atoms with Crippen molar-refractivity contribution in [2.24, 2.45) is 0 Å². The van der Waals surface area contributed by atoms with E-state index in [1.165, 1.54) is 0 Å². The summed E-state index contributed by atoms with van der Waals surface area (Å²) in [5.41, 5.74) is 0.464. The zero-order valence-corrected chi connectivity index (χ0v) is 12.2. The van der Waals surface area contributed by atoms with Gasteiger partial charge in [0.25, 0.3) is 0 Å². The molecule has 6 nitrogen and oxygen atoms in total. The normalized spacial score (nSPS) is 13.9. The molecule has 0 aliphatic carbocycles. The molecule has 2 atom stereocenters. The van der Waals surface area contributed by atoms with Gasteiger partial charge in [-0.1, -0.05) is 0 Å². The minimum atomic E-state index is -0.998. The van der Waals surface area contributed by atoms with Gasteiger partial charge in [0.1, 0.15) is 16.0 Å². The molecule has 0 aromatic carbocycles. The van der Waals surface area contributed by atoms with Crippen LogP contribution in [0.4, 0.5) is 0 Å². The zero-order chi connectivity index (χ0) is 14.6. The van der Waals surface area contributed by atoms with E-state index >= 15 is 0 Å². The minimum Gasteiger partial charge on any atom is -0.477 e. The first-order valence-corrected chi connectivity index (χ1v) is 6.81. The number of rotatable bonds is 6. The summed E-state index contributed by atoms with van der Waals surface area (Å²) in [4.78, 5) is 27.1. The highest BCUT2D eigenvalue weighted by atomic mass is 32.1. The van der Waals surface area contributed by atoms with Gasteiger partial charge in [-0.15, -0.1) is 11.3 Å². The number of carboxylic acid groups (broad SMARTS) is 1. The maximum Gasteiger partial charge on any atom is 0.347 e. The fourth-order valence-electron chi connectivity index (χ4n) is 1.52. The molecule has 2 N–H and O–H groups in total. The van der Waals surface area contributed by atoms with E-state index in [-0.39, 0.29) is 16.8 Å². The van der Waals surface area contributed by atoms with Crippen molar-refractivity contribution in [3.63, 3.8) is 0 Å². The molecule has 1 aromatic heterocycles. The van der Waals surface area contributed by atoms with E-state index in [4.69, 9.17) is 9.84 Å². The number of aryl methyl sites for hydroxylation is 1. The van der Waals surface area contributed by atoms with Crippen molar-refractivity contribution in [3.8, 4) is 0 Å². The number of ether oxygens (including phenoxy) is 1. The van der Waals surface area contributed by atoms with Gasteiger partial charge in [0.15, 0.2) is 0 Å². The van der Waals surface area contributed by atoms with E-state index in [0.29, 0.717) is 17.3 Å². The zero-order valence-electron chi connectivity index (χ0n) is 11.4. The lowest BCUT2D eigenvalue weighted by Crippen LogP contribution is -2.36. The standard InChI is InChI=1S/C12H18N2O4S/c1-5-18-8(4)10(15)13-7(3)11-14-6(2)9(19-11)12(16)17/h7-8H,5H2,1-4H3,(H,13,15)(H,16,17). The van der Waals surface area contributed by atoms with E-state index in [0.717, 1.165) is 11.3 Å². The van der Waals surface area contributed by atoms with Crippen LogP contribution in [0.15, 0.2) is 0 Å². The molecule has 0 bridgehead atoms. The van der Waals surface area contributed by atoms with Crippen LogP contribution in [0.3, 0.4) is 0 Å². The summed E-state index contributed by atoms with van der Waals surface area (Å²) in [5, 5.41) is 12.3. The first-order valence-electron chi connectivity index (χ1n) is 5.99. The maximum absolute atomic E-state index is 11.8. The molecule has 19 heavy (non-hydrogen) atoms. The molecule has 0 saturated heterocycles. The Hall–Kier alpha value is -1.47. The molecule has 1 rings (SSSR count). The van der Waals surface area contributed by atoms with Crippen LogP contribution in [0, 0.1) is 6.92 Å². The lowest BCUT2D eigenvalue weighted by molar-refractivity contribution is -0.132. The van der Waals surface area contributed by atoms with Crippen molar-refractivity contribution in [2.75, 3.05) is 6.61 Å². The van der Waals surface area contributed by atoms with Crippen LogP contribution in [0.25, 0.3) is 0 Å². The lowest BCUT2D eigenvalue weighted by Gasteiger charge is -2.15. The number of carbonyl (C=O) groups is 2. The highest BCUT2D eigenvalue weighted by molar-refractivity contribution is 7.13. The van der Waals surface area contributed by atoms with Gasteiger partial charge in [-0.05, 0) is 27.7 Å². The molecule has 0 spiro atoms. The average molecular weight is 286 g/mol. The molecule has 1 heterocycles. The Labute approximate surface area is 115 Å². The van der Waals surface area contributed by atoms with Crippen molar-refractivity contribution in [2.45, 2.75) is 39.8 Å². The number of aromatic nitrogens is 1. The van der Waals surface area contributed by atoms with Crippen LogP contribution in [0.2, 0.25) is 0 Å². The van der Waals surface area contributed by atoms with E-state index in [2.05, 4.69) is 10.3 Å². The Morgan fingerprint density at radius 1 is 1.47 bits per heavy atom. The van der Waals surface area contributed by atoms with Gasteiger partial charge < -0.3 is 15.2 Å². The van der Waals surface area contributed by atoms with E-state index in [9.17, 15) is 9.59 Å². The fourth-order valence-corrected chi connectivity index (χ4v) is 2.43. The molecular formula is C12H18N2O4S. The summed E-state index contributed by atoms with van der Waals surface area (Å²) in [6, 6.07) is -0.341. The number of thiazole rings is 1. The van der Waals surface area contributed by atoms with Crippen molar-refractivity contribution in [1.82, 2.24) is 10.3 Å². The molecule has 0 radical (unpaired) electrons. The number of hydrogen-bond acceptors (Lipinski definition) is 5. The summed E-state index contributed by atoms with van der Waals surface area (Å²) < 4.78 is 5.18. The number of aromatic carboxylic acids is 1. The Kier molecular flexibility index (Phi) is 5.44. The van der Waals surface area contributed by atoms with Gasteiger partial charge >= 0.3 is 5.97 Å². The van der Waals surface area contributed by atoms with Crippen LogP contribution < -0.4 is 5.32 Å². The minimum absolute atomic E-state index is 0.203. The van der Waals surface area contributed by atoms with Crippen LogP contribution in [-0.4, -0.2) is 34.7 Å². The van der Waals surface area contributed by atoms with Gasteiger partial charge in [0, 0.05) is 6.61 Å². The Bertz CT molecular complexity index is 472. The maximum atomic E-state index is 11.8. The molecule has 0 fully saturated rings. The SMILES string of the molecule is CCOC(C)C(=O)NC(C)c1nc(C)c(C(=O)O)s1. The van der Waals surface area contributed by atoms with Crippen LogP contribution in [-0.2, 0) is 9.53 Å². The Morgan fingerprint density at radius 2 is 2.11 bits per heavy atom. The summed E-state index contributed by atoms with van der Waals surface area (Å²) >= 11 is 1.08. The molecule has 0 aliphatic rings. The second-order valence-corrected chi connectivity index (χ2v) is 5.13. The first kappa shape index (κ1) is 15.6. The van der Waals surface area contributed by atoms with Gasteiger partial charge in [-0.3, -0.25) is 4.79 Å². The number of hydrogen-bond donors (Lipinski definition) is 2. The molecular weight excluding hydrogens is 268 g/mol. The van der Waals surface area contributed by atoms with Crippen LogP contribution >= 0.6 is 11.3 Å². The molecule has 106 valence electrons. The first-order chi connectivity index (χ1) is 8.86. The number of carboxylic acids is 1. The Balaban J connectivity index is 2.73. The second kappa shape index (κ2) is 6.63. The van der Waals surface area contributed by atoms with Crippen molar-refractivity contribution >= 4 is 23.2 Å². The van der Waals surface area contributed by atoms with Crippen molar-refractivity contribution in [3.05, 3.63) is 15.6 Å². The molecule has 7 heteroatoms. The molecule has 1 amide bonds. The van der Waals surface area contributed by atoms with E-state index in [1.54, 1.807) is 20.8 Å². The average Bonchev–Trinajstić information content (AvgIpc) is 2.71. The third kappa shape index (κ3) is 4.00. The van der Waals surface area contributed by atoms with Crippen molar-refractivity contribution < 1.29 is 19.4 Å². The number of amides is 1. The lowest BCUT2D eigenvalue weighted by atomic mass is 10.3. The van der Waals surface area contributed by atoms with Gasteiger partial charge in [0.2, 0.25) is 5.91 Å². The predicted octanol–water partition coefficient (Wildman–Crippen LogP) is 1.75. The quantitative estimate of drug-likeness (QED) is 0.831. The summed E-state index contributed by atoms with van der Waals surface area (Å²) in [6.45, 7) is 7.35. The molecule has 1 aromatic rings. The van der Waals surface area contributed by atoms with Crippen LogP contribution in [0.5, 0.6) is 0 Å². The van der Waals surface area contributed by atoms with E-state index in [1.807, 2.05) is 6.92 Å². The number of nitrogens with one attached hydrogen (secondary N) is 1. The number of carbonyl (C=O) groups excluding carboxylic acids is 1. The topological polar surface area (TPSA) is 88.5 Å². The highest BCUT2D eigenvalue weighted by Crippen LogP contribution is 2.23. The molecule has 2 unspecified atom stereocenters. The van der Waals surface area contributed by atoms with E-state index < -0.39 is 12.1 Å². The smallest absolute Gasteiger partial charge is 0.347 e. The third-order valence-corrected chi connectivity index (χ3v) is 3.85. The Morgan fingerprint density at radius 3 is 2.58 bits per heavy atom. The summed E-state index contributed by atoms with van der Waals surface area (Å²) in [5.74, 6) is -1.23. The second-order valence-electron chi connectivity index (χ2n) is 4.10. The van der Waals surface area contributed by atoms with Gasteiger partial charge in [-0.2, -0.15) is 0 Å². The van der Waals surface area contributed by atoms with Gasteiger partial charge in [0.05, 0.1) is 11.7 Å². The monoisotopic (exact) mass is 286 g/mol. The molecule has 0 saturated carbocycles. The van der Waals surface area contributed by atoms with Crippen LogP contribution in [0.1, 0.15) is 47.2 Å². The van der Waals surface area contributed by atoms with Crippen molar-refractivity contribution in [1.29, 1.82) is 0 Å². The highest BCUT2D eigenvalue weighted by Gasteiger charge is 2.21.